The molecule has 0 aliphatic heterocycles. The molecule has 0 saturated heterocycles. The van der Waals surface area contributed by atoms with E-state index in [2.05, 4.69) is 40.2 Å². The topological polar surface area (TPSA) is 77.8 Å². The van der Waals surface area contributed by atoms with E-state index in [0.717, 1.165) is 17.1 Å². The smallest absolute Gasteiger partial charge is 0.277 e. The highest BCUT2D eigenvalue weighted by molar-refractivity contribution is 7.09. The first-order valence-electron chi connectivity index (χ1n) is 6.77. The van der Waals surface area contributed by atoms with Gasteiger partial charge in [-0.15, -0.1) is 11.3 Å². The molecule has 0 aliphatic rings. The lowest BCUT2D eigenvalue weighted by atomic mass is 10.1. The first kappa shape index (κ1) is 13.9. The maximum absolute atomic E-state index is 5.53. The number of nitrogens with zero attached hydrogens (tertiary/aromatic N) is 3. The molecule has 2 aromatic heterocycles. The predicted molar refractivity (Wildman–Crippen MR) is 82.1 cm³/mol. The lowest BCUT2D eigenvalue weighted by Gasteiger charge is -1.97. The van der Waals surface area contributed by atoms with Crippen LogP contribution in [0, 0.1) is 6.92 Å². The van der Waals surface area contributed by atoms with Crippen molar-refractivity contribution in [3.63, 3.8) is 0 Å². The fourth-order valence-electron chi connectivity index (χ4n) is 2.08. The Bertz CT molecular complexity index is 735. The molecule has 0 unspecified atom stereocenters. The van der Waals surface area contributed by atoms with Crippen LogP contribution in [0.2, 0.25) is 0 Å². The van der Waals surface area contributed by atoms with Gasteiger partial charge in [-0.1, -0.05) is 35.0 Å². The normalized spacial score (nSPS) is 11.0. The lowest BCUT2D eigenvalue weighted by Crippen LogP contribution is -2.01. The Hall–Kier alpha value is -2.05. The third kappa shape index (κ3) is 3.34. The van der Waals surface area contributed by atoms with E-state index < -0.39 is 0 Å². The van der Waals surface area contributed by atoms with Crippen LogP contribution in [0.3, 0.4) is 0 Å². The van der Waals surface area contributed by atoms with E-state index in [0.29, 0.717) is 24.7 Å². The van der Waals surface area contributed by atoms with Crippen molar-refractivity contribution in [3.8, 4) is 11.6 Å². The van der Waals surface area contributed by atoms with Crippen LogP contribution in [0.5, 0.6) is 0 Å². The summed E-state index contributed by atoms with van der Waals surface area (Å²) in [5, 5.41) is 6.94. The number of aryl methyl sites for hydroxylation is 1. The second kappa shape index (κ2) is 6.15. The average Bonchev–Trinajstić information content (AvgIpc) is 3.08. The second-order valence-electron chi connectivity index (χ2n) is 4.85. The zero-order valence-electron chi connectivity index (χ0n) is 11.7. The van der Waals surface area contributed by atoms with E-state index in [1.54, 1.807) is 11.3 Å². The van der Waals surface area contributed by atoms with Crippen LogP contribution >= 0.6 is 11.3 Å². The summed E-state index contributed by atoms with van der Waals surface area (Å²) in [6, 6.07) is 8.29. The van der Waals surface area contributed by atoms with Crippen molar-refractivity contribution in [2.24, 2.45) is 5.73 Å². The molecule has 0 amide bonds. The van der Waals surface area contributed by atoms with Crippen LogP contribution in [-0.2, 0) is 12.8 Å². The molecule has 6 heteroatoms. The maximum Gasteiger partial charge on any atom is 0.277 e. The summed E-state index contributed by atoms with van der Waals surface area (Å²) in [5.74, 6) is 1.14. The summed E-state index contributed by atoms with van der Waals surface area (Å²) in [6.07, 6.45) is 1.43. The molecule has 0 radical (unpaired) electrons. The molecule has 108 valence electrons. The number of nitrogens with two attached hydrogens (primary N) is 1. The molecule has 3 aromatic rings. The Morgan fingerprint density at radius 3 is 3.00 bits per heavy atom. The van der Waals surface area contributed by atoms with Gasteiger partial charge in [0.2, 0.25) is 0 Å². The highest BCUT2D eigenvalue weighted by Crippen LogP contribution is 2.21. The van der Waals surface area contributed by atoms with E-state index >= 15 is 0 Å². The van der Waals surface area contributed by atoms with Gasteiger partial charge in [0.15, 0.2) is 5.82 Å². The van der Waals surface area contributed by atoms with E-state index in [4.69, 9.17) is 10.3 Å². The SMILES string of the molecule is Cc1cccc(Cc2noc(-c3csc(CCN)n3)n2)c1. The highest BCUT2D eigenvalue weighted by atomic mass is 32.1. The molecule has 2 heterocycles. The van der Waals surface area contributed by atoms with E-state index in [1.165, 1.54) is 11.1 Å². The molecule has 0 saturated carbocycles. The van der Waals surface area contributed by atoms with Crippen LogP contribution in [0.25, 0.3) is 11.6 Å². The van der Waals surface area contributed by atoms with Gasteiger partial charge in [0.05, 0.1) is 5.01 Å². The predicted octanol–water partition coefficient (Wildman–Crippen LogP) is 2.59. The van der Waals surface area contributed by atoms with E-state index in [1.807, 2.05) is 11.4 Å². The Balaban J connectivity index is 1.76. The van der Waals surface area contributed by atoms with Crippen LogP contribution in [-0.4, -0.2) is 21.7 Å². The molecule has 0 spiro atoms. The minimum atomic E-state index is 0.470. The molecular formula is C15H16N4OS. The Labute approximate surface area is 126 Å². The molecule has 2 N–H and O–H groups in total. The van der Waals surface area contributed by atoms with Gasteiger partial charge in [0.25, 0.3) is 5.89 Å². The number of thiazole rings is 1. The molecule has 0 fully saturated rings. The fraction of sp³-hybridized carbons (Fsp3) is 0.267. The van der Waals surface area contributed by atoms with Crippen molar-refractivity contribution in [1.82, 2.24) is 15.1 Å². The molecule has 3 rings (SSSR count). The molecule has 0 bridgehead atoms. The van der Waals surface area contributed by atoms with Crippen LogP contribution in [0.4, 0.5) is 0 Å². The van der Waals surface area contributed by atoms with Crippen LogP contribution < -0.4 is 5.73 Å². The van der Waals surface area contributed by atoms with Crippen molar-refractivity contribution in [3.05, 3.63) is 51.6 Å². The minimum absolute atomic E-state index is 0.470. The monoisotopic (exact) mass is 300 g/mol. The van der Waals surface area contributed by atoms with Gasteiger partial charge in [-0.05, 0) is 19.0 Å². The highest BCUT2D eigenvalue weighted by Gasteiger charge is 2.12. The summed E-state index contributed by atoms with van der Waals surface area (Å²) in [5.41, 5.74) is 8.65. The minimum Gasteiger partial charge on any atom is -0.332 e. The van der Waals surface area contributed by atoms with Gasteiger partial charge >= 0.3 is 0 Å². The third-order valence-corrected chi connectivity index (χ3v) is 3.95. The zero-order chi connectivity index (χ0) is 14.7. The van der Waals surface area contributed by atoms with Crippen molar-refractivity contribution in [2.45, 2.75) is 19.8 Å². The largest absolute Gasteiger partial charge is 0.332 e. The second-order valence-corrected chi connectivity index (χ2v) is 5.79. The first-order valence-corrected chi connectivity index (χ1v) is 7.65. The summed E-state index contributed by atoms with van der Waals surface area (Å²) in [4.78, 5) is 8.86. The Morgan fingerprint density at radius 2 is 2.19 bits per heavy atom. The zero-order valence-corrected chi connectivity index (χ0v) is 12.6. The van der Waals surface area contributed by atoms with Gasteiger partial charge < -0.3 is 10.3 Å². The molecule has 1 aromatic carbocycles. The van der Waals surface area contributed by atoms with E-state index in [-0.39, 0.29) is 0 Å². The molecule has 21 heavy (non-hydrogen) atoms. The molecule has 0 aliphatic carbocycles. The van der Waals surface area contributed by atoms with Crippen LogP contribution in [0.15, 0.2) is 34.2 Å². The standard InChI is InChI=1S/C15H16N4OS/c1-10-3-2-4-11(7-10)8-13-18-15(20-19-13)12-9-21-14(17-12)5-6-16/h2-4,7,9H,5-6,8,16H2,1H3. The lowest BCUT2D eigenvalue weighted by molar-refractivity contribution is 0.423. The fourth-order valence-corrected chi connectivity index (χ4v) is 2.87. The summed E-state index contributed by atoms with van der Waals surface area (Å²) in [6.45, 7) is 2.66. The Morgan fingerprint density at radius 1 is 1.29 bits per heavy atom. The average molecular weight is 300 g/mol. The first-order chi connectivity index (χ1) is 10.2. The van der Waals surface area contributed by atoms with Crippen molar-refractivity contribution >= 4 is 11.3 Å². The number of aromatic nitrogens is 3. The molecular weight excluding hydrogens is 284 g/mol. The van der Waals surface area contributed by atoms with Gasteiger partial charge in [-0.25, -0.2) is 4.98 Å². The number of benzene rings is 1. The summed E-state index contributed by atoms with van der Waals surface area (Å²) >= 11 is 1.57. The summed E-state index contributed by atoms with van der Waals surface area (Å²) in [7, 11) is 0. The van der Waals surface area contributed by atoms with Crippen molar-refractivity contribution in [2.75, 3.05) is 6.54 Å². The van der Waals surface area contributed by atoms with E-state index in [9.17, 15) is 0 Å². The molecule has 5 nitrogen and oxygen atoms in total. The van der Waals surface area contributed by atoms with Gasteiger partial charge in [0.1, 0.15) is 5.69 Å². The van der Waals surface area contributed by atoms with Gasteiger partial charge in [-0.2, -0.15) is 4.98 Å². The van der Waals surface area contributed by atoms with Crippen LogP contribution in [0.1, 0.15) is 22.0 Å². The van der Waals surface area contributed by atoms with Crippen molar-refractivity contribution in [1.29, 1.82) is 0 Å². The van der Waals surface area contributed by atoms with Gasteiger partial charge in [0, 0.05) is 18.2 Å². The van der Waals surface area contributed by atoms with Crippen molar-refractivity contribution < 1.29 is 4.52 Å². The number of hydrogen-bond acceptors (Lipinski definition) is 6. The number of rotatable bonds is 5. The number of hydrogen-bond donors (Lipinski definition) is 1. The van der Waals surface area contributed by atoms with Gasteiger partial charge in [-0.3, -0.25) is 0 Å². The Kier molecular flexibility index (Phi) is 4.08. The summed E-state index contributed by atoms with van der Waals surface area (Å²) < 4.78 is 5.30. The molecule has 0 atom stereocenters. The maximum atomic E-state index is 5.53. The third-order valence-electron chi connectivity index (χ3n) is 3.04. The quantitative estimate of drug-likeness (QED) is 0.783.